The predicted octanol–water partition coefficient (Wildman–Crippen LogP) is 1.22. The summed E-state index contributed by atoms with van der Waals surface area (Å²) in [6.45, 7) is 0.0281. The Morgan fingerprint density at radius 2 is 2.27 bits per heavy atom. The monoisotopic (exact) mass is 275 g/mol. The third-order valence-corrected chi connectivity index (χ3v) is 2.40. The summed E-state index contributed by atoms with van der Waals surface area (Å²) < 4.78 is 6.08. The fourth-order valence-corrected chi connectivity index (χ4v) is 1.44. The summed E-state index contributed by atoms with van der Waals surface area (Å²) in [7, 11) is 1.58. The lowest BCUT2D eigenvalue weighted by molar-refractivity contribution is 0.105. The minimum absolute atomic E-state index is 0.258. The number of benzene rings is 1. The van der Waals surface area contributed by atoms with Crippen LogP contribution in [0, 0.1) is 0 Å². The Balaban J connectivity index is 2.67. The van der Waals surface area contributed by atoms with Gasteiger partial charge in [-0.05, 0) is 18.2 Å². The molecule has 0 bridgehead atoms. The zero-order valence-corrected chi connectivity index (χ0v) is 9.99. The second kappa shape index (κ2) is 5.95. The van der Waals surface area contributed by atoms with E-state index in [4.69, 9.17) is 9.84 Å². The molecule has 84 valence electrons. The molecule has 0 fully saturated rings. The van der Waals surface area contributed by atoms with Crippen LogP contribution >= 0.6 is 15.9 Å². The molecule has 1 unspecified atom stereocenters. The lowest BCUT2D eigenvalue weighted by Crippen LogP contribution is -2.23. The normalized spacial score (nSPS) is 12.3. The number of ether oxygens (including phenoxy) is 1. The summed E-state index contributed by atoms with van der Waals surface area (Å²) in [5.41, 5.74) is 0.785. The molecule has 0 radical (unpaired) electrons. The number of aliphatic hydroxyl groups is 2. The van der Waals surface area contributed by atoms with Crippen molar-refractivity contribution in [3.05, 3.63) is 22.7 Å². The molecular formula is C10H14BrNO3. The average molecular weight is 276 g/mol. The molecule has 4 nitrogen and oxygen atoms in total. The zero-order chi connectivity index (χ0) is 11.3. The van der Waals surface area contributed by atoms with Crippen molar-refractivity contribution in [3.8, 4) is 5.75 Å². The van der Waals surface area contributed by atoms with Gasteiger partial charge in [0.05, 0.1) is 25.5 Å². The Bertz CT molecular complexity index is 320. The molecule has 0 amide bonds. The Morgan fingerprint density at radius 3 is 2.87 bits per heavy atom. The number of hydrogen-bond donors (Lipinski definition) is 3. The number of halogens is 1. The van der Waals surface area contributed by atoms with Crippen molar-refractivity contribution >= 4 is 21.6 Å². The second-order valence-corrected chi connectivity index (χ2v) is 3.98. The van der Waals surface area contributed by atoms with Crippen LogP contribution in [0.4, 0.5) is 5.69 Å². The third kappa shape index (κ3) is 3.70. The van der Waals surface area contributed by atoms with Crippen LogP contribution in [0.15, 0.2) is 22.7 Å². The van der Waals surface area contributed by atoms with Gasteiger partial charge in [0.15, 0.2) is 0 Å². The van der Waals surface area contributed by atoms with Crippen LogP contribution in [-0.2, 0) is 0 Å². The van der Waals surface area contributed by atoms with Crippen LogP contribution in [0.1, 0.15) is 0 Å². The highest BCUT2D eigenvalue weighted by atomic mass is 79.9. The summed E-state index contributed by atoms with van der Waals surface area (Å²) in [6, 6.07) is 5.54. The molecule has 5 heteroatoms. The van der Waals surface area contributed by atoms with Crippen molar-refractivity contribution in [3.63, 3.8) is 0 Å². The van der Waals surface area contributed by atoms with Gasteiger partial charge in [-0.15, -0.1) is 0 Å². The molecule has 0 saturated heterocycles. The van der Waals surface area contributed by atoms with Crippen LogP contribution in [-0.4, -0.2) is 36.6 Å². The van der Waals surface area contributed by atoms with Gasteiger partial charge in [0.1, 0.15) is 5.75 Å². The average Bonchev–Trinajstić information content (AvgIpc) is 2.26. The highest BCUT2D eigenvalue weighted by molar-refractivity contribution is 9.10. The molecule has 0 aliphatic carbocycles. The number of nitrogens with one attached hydrogen (secondary N) is 1. The molecule has 1 aromatic rings. The zero-order valence-electron chi connectivity index (χ0n) is 8.40. The van der Waals surface area contributed by atoms with Gasteiger partial charge in [-0.25, -0.2) is 0 Å². The summed E-state index contributed by atoms with van der Waals surface area (Å²) in [5, 5.41) is 20.8. The first-order valence-corrected chi connectivity index (χ1v) is 5.33. The molecule has 0 aliphatic rings. The van der Waals surface area contributed by atoms with Gasteiger partial charge < -0.3 is 20.3 Å². The molecular weight excluding hydrogens is 262 g/mol. The topological polar surface area (TPSA) is 61.7 Å². The van der Waals surface area contributed by atoms with E-state index < -0.39 is 6.10 Å². The molecule has 1 aromatic carbocycles. The van der Waals surface area contributed by atoms with Gasteiger partial charge in [-0.1, -0.05) is 15.9 Å². The maximum Gasteiger partial charge on any atom is 0.143 e. The van der Waals surface area contributed by atoms with Crippen molar-refractivity contribution in [2.45, 2.75) is 6.10 Å². The van der Waals surface area contributed by atoms with Crippen molar-refractivity contribution in [2.24, 2.45) is 0 Å². The van der Waals surface area contributed by atoms with Crippen molar-refractivity contribution in [2.75, 3.05) is 25.6 Å². The maximum absolute atomic E-state index is 9.17. The first kappa shape index (κ1) is 12.3. The van der Waals surface area contributed by atoms with E-state index in [0.29, 0.717) is 5.75 Å². The summed E-state index contributed by atoms with van der Waals surface area (Å²) >= 11 is 3.33. The third-order valence-electron chi connectivity index (χ3n) is 1.90. The van der Waals surface area contributed by atoms with E-state index in [1.807, 2.05) is 18.2 Å². The van der Waals surface area contributed by atoms with Gasteiger partial charge in [-0.3, -0.25) is 0 Å². The van der Waals surface area contributed by atoms with Gasteiger partial charge >= 0.3 is 0 Å². The van der Waals surface area contributed by atoms with E-state index in [0.717, 1.165) is 10.2 Å². The van der Waals surface area contributed by atoms with E-state index >= 15 is 0 Å². The van der Waals surface area contributed by atoms with Crippen LogP contribution in [0.25, 0.3) is 0 Å². The van der Waals surface area contributed by atoms with Crippen LogP contribution in [0.5, 0.6) is 5.75 Å². The number of anilines is 1. The van der Waals surface area contributed by atoms with Gasteiger partial charge in [-0.2, -0.15) is 0 Å². The first-order chi connectivity index (χ1) is 7.17. The van der Waals surface area contributed by atoms with E-state index in [2.05, 4.69) is 21.2 Å². The molecule has 0 saturated carbocycles. The molecule has 15 heavy (non-hydrogen) atoms. The minimum atomic E-state index is -0.765. The molecule has 0 aromatic heterocycles. The van der Waals surface area contributed by atoms with Crippen LogP contribution < -0.4 is 10.1 Å². The van der Waals surface area contributed by atoms with Crippen molar-refractivity contribution < 1.29 is 14.9 Å². The summed E-state index contributed by atoms with van der Waals surface area (Å²) in [4.78, 5) is 0. The van der Waals surface area contributed by atoms with E-state index in [1.165, 1.54) is 0 Å². The van der Waals surface area contributed by atoms with Gasteiger partial charge in [0.25, 0.3) is 0 Å². The van der Waals surface area contributed by atoms with Gasteiger partial charge in [0, 0.05) is 11.0 Å². The number of hydrogen-bond acceptors (Lipinski definition) is 4. The molecule has 0 aliphatic heterocycles. The molecule has 0 spiro atoms. The lowest BCUT2D eigenvalue weighted by atomic mass is 10.2. The second-order valence-electron chi connectivity index (χ2n) is 3.06. The van der Waals surface area contributed by atoms with Gasteiger partial charge in [0.2, 0.25) is 0 Å². The Kier molecular flexibility index (Phi) is 4.87. The van der Waals surface area contributed by atoms with E-state index in [1.54, 1.807) is 7.11 Å². The SMILES string of the molecule is COc1cc(Br)ccc1NCC(O)CO. The Hall–Kier alpha value is -0.780. The molecule has 3 N–H and O–H groups in total. The highest BCUT2D eigenvalue weighted by Crippen LogP contribution is 2.27. The standard InChI is InChI=1S/C10H14BrNO3/c1-15-10-4-7(11)2-3-9(10)12-5-8(14)6-13/h2-4,8,12-14H,5-6H2,1H3. The largest absolute Gasteiger partial charge is 0.495 e. The molecule has 1 atom stereocenters. The fourth-order valence-electron chi connectivity index (χ4n) is 1.10. The smallest absolute Gasteiger partial charge is 0.143 e. The van der Waals surface area contributed by atoms with E-state index in [9.17, 15) is 5.11 Å². The lowest BCUT2D eigenvalue weighted by Gasteiger charge is -2.13. The molecule has 0 heterocycles. The summed E-state index contributed by atoms with van der Waals surface area (Å²) in [5.74, 6) is 0.689. The number of aliphatic hydroxyl groups excluding tert-OH is 2. The highest BCUT2D eigenvalue weighted by Gasteiger charge is 2.05. The molecule has 1 rings (SSSR count). The van der Waals surface area contributed by atoms with Crippen molar-refractivity contribution in [1.29, 1.82) is 0 Å². The number of methoxy groups -OCH3 is 1. The quantitative estimate of drug-likeness (QED) is 0.756. The minimum Gasteiger partial charge on any atom is -0.495 e. The van der Waals surface area contributed by atoms with Crippen LogP contribution in [0.3, 0.4) is 0 Å². The number of rotatable bonds is 5. The predicted molar refractivity (Wildman–Crippen MR) is 62.3 cm³/mol. The van der Waals surface area contributed by atoms with Crippen molar-refractivity contribution in [1.82, 2.24) is 0 Å². The van der Waals surface area contributed by atoms with Crippen LogP contribution in [0.2, 0.25) is 0 Å². The Morgan fingerprint density at radius 1 is 1.53 bits per heavy atom. The first-order valence-electron chi connectivity index (χ1n) is 4.53. The summed E-state index contributed by atoms with van der Waals surface area (Å²) in [6.07, 6.45) is -0.765. The van der Waals surface area contributed by atoms with E-state index in [-0.39, 0.29) is 13.2 Å². The maximum atomic E-state index is 9.17. The Labute approximate surface area is 97.0 Å². The fraction of sp³-hybridized carbons (Fsp3) is 0.400.